The fourth-order valence-corrected chi connectivity index (χ4v) is 2.61. The summed E-state index contributed by atoms with van der Waals surface area (Å²) in [5.74, 6) is -0.938. The largest absolute Gasteiger partial charge is 0.376 e. The highest BCUT2D eigenvalue weighted by atomic mass is 16.2. The number of primary amides is 1. The SMILES string of the molecule is CCN(CC)C(=O)c1ccc(NCC(=O)Nc2ccccc2C(N)=O)cc1. The highest BCUT2D eigenvalue weighted by Crippen LogP contribution is 2.15. The Kier molecular flexibility index (Phi) is 6.93. The molecule has 0 heterocycles. The smallest absolute Gasteiger partial charge is 0.253 e. The van der Waals surface area contributed by atoms with Crippen molar-refractivity contribution < 1.29 is 14.4 Å². The standard InChI is InChI=1S/C20H24N4O3/c1-3-24(4-2)20(27)14-9-11-15(12-10-14)22-13-18(25)23-17-8-6-5-7-16(17)19(21)26/h5-12,22H,3-4,13H2,1-2H3,(H2,21,26)(H,23,25). The summed E-state index contributed by atoms with van der Waals surface area (Å²) in [7, 11) is 0. The summed E-state index contributed by atoms with van der Waals surface area (Å²) in [6.45, 7) is 5.19. The van der Waals surface area contributed by atoms with Crippen molar-refractivity contribution in [2.24, 2.45) is 5.73 Å². The Hall–Kier alpha value is -3.35. The van der Waals surface area contributed by atoms with Crippen molar-refractivity contribution in [3.8, 4) is 0 Å². The van der Waals surface area contributed by atoms with E-state index in [1.54, 1.807) is 53.4 Å². The van der Waals surface area contributed by atoms with Crippen LogP contribution in [0.4, 0.5) is 11.4 Å². The normalized spacial score (nSPS) is 10.1. The molecule has 2 rings (SSSR count). The first kappa shape index (κ1) is 20.0. The molecule has 0 aliphatic rings. The number of hydrogen-bond acceptors (Lipinski definition) is 4. The predicted molar refractivity (Wildman–Crippen MR) is 106 cm³/mol. The summed E-state index contributed by atoms with van der Waals surface area (Å²) in [6.07, 6.45) is 0. The van der Waals surface area contributed by atoms with Gasteiger partial charge in [0.25, 0.3) is 11.8 Å². The van der Waals surface area contributed by atoms with Crippen molar-refractivity contribution in [1.29, 1.82) is 0 Å². The van der Waals surface area contributed by atoms with E-state index < -0.39 is 5.91 Å². The van der Waals surface area contributed by atoms with Crippen molar-refractivity contribution in [3.63, 3.8) is 0 Å². The topological polar surface area (TPSA) is 105 Å². The minimum Gasteiger partial charge on any atom is -0.376 e. The Bertz CT molecular complexity index is 814. The van der Waals surface area contributed by atoms with Gasteiger partial charge in [-0.2, -0.15) is 0 Å². The van der Waals surface area contributed by atoms with Crippen LogP contribution in [0.2, 0.25) is 0 Å². The Morgan fingerprint density at radius 3 is 2.19 bits per heavy atom. The number of rotatable bonds is 8. The number of carbonyl (C=O) groups excluding carboxylic acids is 3. The molecule has 0 radical (unpaired) electrons. The first-order chi connectivity index (χ1) is 13.0. The van der Waals surface area contributed by atoms with Crippen molar-refractivity contribution in [3.05, 3.63) is 59.7 Å². The number of para-hydroxylation sites is 1. The minimum absolute atomic E-state index is 0.0104. The van der Waals surface area contributed by atoms with Crippen molar-refractivity contribution in [2.75, 3.05) is 30.3 Å². The van der Waals surface area contributed by atoms with Gasteiger partial charge in [0.1, 0.15) is 0 Å². The van der Waals surface area contributed by atoms with Crippen molar-refractivity contribution in [1.82, 2.24) is 4.90 Å². The maximum Gasteiger partial charge on any atom is 0.253 e. The van der Waals surface area contributed by atoms with Crippen LogP contribution in [0.15, 0.2) is 48.5 Å². The molecule has 3 amide bonds. The molecule has 0 unspecified atom stereocenters. The second kappa shape index (κ2) is 9.38. The molecule has 2 aromatic carbocycles. The number of carbonyl (C=O) groups is 3. The fraction of sp³-hybridized carbons (Fsp3) is 0.250. The lowest BCUT2D eigenvalue weighted by atomic mass is 10.1. The van der Waals surface area contributed by atoms with E-state index in [9.17, 15) is 14.4 Å². The molecule has 0 aliphatic carbocycles. The van der Waals surface area contributed by atoms with E-state index in [2.05, 4.69) is 10.6 Å². The summed E-state index contributed by atoms with van der Waals surface area (Å²) in [4.78, 5) is 37.5. The van der Waals surface area contributed by atoms with E-state index in [1.165, 1.54) is 0 Å². The number of hydrogen-bond donors (Lipinski definition) is 3. The van der Waals surface area contributed by atoms with Gasteiger partial charge in [0.05, 0.1) is 17.8 Å². The molecule has 0 bridgehead atoms. The van der Waals surface area contributed by atoms with Gasteiger partial charge in [0.2, 0.25) is 5.91 Å². The lowest BCUT2D eigenvalue weighted by molar-refractivity contribution is -0.114. The van der Waals surface area contributed by atoms with E-state index in [0.717, 1.165) is 0 Å². The van der Waals surface area contributed by atoms with E-state index in [4.69, 9.17) is 5.73 Å². The van der Waals surface area contributed by atoms with Gasteiger partial charge >= 0.3 is 0 Å². The van der Waals surface area contributed by atoms with E-state index in [0.29, 0.717) is 30.0 Å². The molecule has 0 saturated heterocycles. The maximum atomic E-state index is 12.3. The number of benzene rings is 2. The second-order valence-corrected chi connectivity index (χ2v) is 5.87. The lowest BCUT2D eigenvalue weighted by Crippen LogP contribution is -2.30. The van der Waals surface area contributed by atoms with Crippen LogP contribution in [-0.4, -0.2) is 42.3 Å². The van der Waals surface area contributed by atoms with Gasteiger partial charge in [-0.1, -0.05) is 12.1 Å². The third-order valence-corrected chi connectivity index (χ3v) is 4.10. The van der Waals surface area contributed by atoms with Crippen molar-refractivity contribution in [2.45, 2.75) is 13.8 Å². The van der Waals surface area contributed by atoms with Gasteiger partial charge in [-0.05, 0) is 50.2 Å². The van der Waals surface area contributed by atoms with Crippen LogP contribution in [0, 0.1) is 0 Å². The molecule has 0 fully saturated rings. The predicted octanol–water partition coefficient (Wildman–Crippen LogP) is 2.32. The molecule has 27 heavy (non-hydrogen) atoms. The highest BCUT2D eigenvalue weighted by Gasteiger charge is 2.13. The molecule has 142 valence electrons. The van der Waals surface area contributed by atoms with Crippen LogP contribution in [0.5, 0.6) is 0 Å². The molecule has 4 N–H and O–H groups in total. The lowest BCUT2D eigenvalue weighted by Gasteiger charge is -2.18. The van der Waals surface area contributed by atoms with Crippen LogP contribution >= 0.6 is 0 Å². The quantitative estimate of drug-likeness (QED) is 0.665. The van der Waals surface area contributed by atoms with Gasteiger partial charge in [-0.25, -0.2) is 0 Å². The first-order valence-corrected chi connectivity index (χ1v) is 8.78. The van der Waals surface area contributed by atoms with E-state index in [-0.39, 0.29) is 23.9 Å². The summed E-state index contributed by atoms with van der Waals surface area (Å²) in [5, 5.41) is 5.64. The maximum absolute atomic E-state index is 12.3. The molecule has 0 saturated carbocycles. The van der Waals surface area contributed by atoms with Crippen LogP contribution in [0.3, 0.4) is 0 Å². The van der Waals surface area contributed by atoms with E-state index in [1.807, 2.05) is 13.8 Å². The Balaban J connectivity index is 1.94. The molecule has 0 atom stereocenters. The van der Waals surface area contributed by atoms with E-state index >= 15 is 0 Å². The summed E-state index contributed by atoms with van der Waals surface area (Å²) >= 11 is 0. The average Bonchev–Trinajstić information content (AvgIpc) is 2.68. The van der Waals surface area contributed by atoms with Crippen LogP contribution in [0.25, 0.3) is 0 Å². The van der Waals surface area contributed by atoms with Gasteiger partial charge in [0.15, 0.2) is 0 Å². The van der Waals surface area contributed by atoms with Gasteiger partial charge in [0, 0.05) is 24.3 Å². The van der Waals surface area contributed by atoms with Crippen LogP contribution < -0.4 is 16.4 Å². The zero-order chi connectivity index (χ0) is 19.8. The van der Waals surface area contributed by atoms with Gasteiger partial charge in [-0.15, -0.1) is 0 Å². The molecule has 0 aliphatic heterocycles. The summed E-state index contributed by atoms with van der Waals surface area (Å²) in [5.41, 5.74) is 7.24. The molecule has 0 spiro atoms. The number of anilines is 2. The molecular weight excluding hydrogens is 344 g/mol. The summed E-state index contributed by atoms with van der Waals surface area (Å²) < 4.78 is 0. The highest BCUT2D eigenvalue weighted by molar-refractivity contribution is 6.03. The third-order valence-electron chi connectivity index (χ3n) is 4.10. The zero-order valence-corrected chi connectivity index (χ0v) is 15.5. The molecule has 7 nitrogen and oxygen atoms in total. The van der Waals surface area contributed by atoms with Crippen molar-refractivity contribution >= 4 is 29.1 Å². The molecular formula is C20H24N4O3. The number of nitrogens with one attached hydrogen (secondary N) is 2. The minimum atomic E-state index is -0.604. The number of nitrogens with zero attached hydrogens (tertiary/aromatic N) is 1. The molecule has 0 aromatic heterocycles. The molecule has 7 heteroatoms. The Morgan fingerprint density at radius 2 is 1.59 bits per heavy atom. The third kappa shape index (κ3) is 5.31. The number of nitrogens with two attached hydrogens (primary N) is 1. The summed E-state index contributed by atoms with van der Waals surface area (Å²) in [6, 6.07) is 13.5. The average molecular weight is 368 g/mol. The fourth-order valence-electron chi connectivity index (χ4n) is 2.61. The Morgan fingerprint density at radius 1 is 0.963 bits per heavy atom. The second-order valence-electron chi connectivity index (χ2n) is 5.87. The zero-order valence-electron chi connectivity index (χ0n) is 15.5. The van der Waals surface area contributed by atoms with Crippen LogP contribution in [0.1, 0.15) is 34.6 Å². The molecule has 2 aromatic rings. The first-order valence-electron chi connectivity index (χ1n) is 8.78. The Labute approximate surface area is 158 Å². The van der Waals surface area contributed by atoms with Gasteiger partial charge < -0.3 is 21.3 Å². The monoisotopic (exact) mass is 368 g/mol. The number of amides is 3. The van der Waals surface area contributed by atoms with Gasteiger partial charge in [-0.3, -0.25) is 14.4 Å². The van der Waals surface area contributed by atoms with Crippen LogP contribution in [-0.2, 0) is 4.79 Å².